The number of aromatic amines is 1. The van der Waals surface area contributed by atoms with Gasteiger partial charge in [0.1, 0.15) is 0 Å². The van der Waals surface area contributed by atoms with Crippen LogP contribution in [-0.2, 0) is 6.42 Å². The Hall–Kier alpha value is -1.82. The number of aromatic nitrogens is 2. The molecule has 0 saturated carbocycles. The molecule has 0 fully saturated rings. The summed E-state index contributed by atoms with van der Waals surface area (Å²) in [6, 6.07) is 2.88. The molecule has 0 aliphatic rings. The molecule has 0 aromatic carbocycles. The second kappa shape index (κ2) is 5.22. The quantitative estimate of drug-likeness (QED) is 0.647. The molecular weight excluding hydrogens is 354 g/mol. The van der Waals surface area contributed by atoms with Crippen molar-refractivity contribution >= 4 is 22.6 Å². The van der Waals surface area contributed by atoms with Crippen LogP contribution in [0.25, 0.3) is 5.88 Å². The molecule has 0 radical (unpaired) electrons. The summed E-state index contributed by atoms with van der Waals surface area (Å²) in [7, 11) is 0. The SMILES string of the molecule is O=c1[nH]c(CC#CI)c(F)c(=O)n1-c1ccco1. The van der Waals surface area contributed by atoms with Gasteiger partial charge in [-0.2, -0.15) is 8.96 Å². The molecule has 0 atom stereocenters. The van der Waals surface area contributed by atoms with Crippen molar-refractivity contribution < 1.29 is 8.81 Å². The van der Waals surface area contributed by atoms with Crippen molar-refractivity contribution in [1.82, 2.24) is 9.55 Å². The lowest BCUT2D eigenvalue weighted by Gasteiger charge is -2.03. The van der Waals surface area contributed by atoms with E-state index in [1.807, 2.05) is 0 Å². The molecule has 2 aromatic rings. The van der Waals surface area contributed by atoms with Crippen LogP contribution in [0, 0.1) is 15.7 Å². The highest BCUT2D eigenvalue weighted by atomic mass is 127. The molecule has 0 unspecified atom stereocenters. The lowest BCUT2D eigenvalue weighted by atomic mass is 10.3. The largest absolute Gasteiger partial charge is 0.448 e. The van der Waals surface area contributed by atoms with Gasteiger partial charge >= 0.3 is 5.69 Å². The summed E-state index contributed by atoms with van der Waals surface area (Å²) in [6.45, 7) is 0. The summed E-state index contributed by atoms with van der Waals surface area (Å²) >= 11 is 1.78. The number of hydrogen-bond donors (Lipinski definition) is 1. The van der Waals surface area contributed by atoms with E-state index in [2.05, 4.69) is 14.8 Å². The second-order valence-corrected chi connectivity index (χ2v) is 3.80. The monoisotopic (exact) mass is 360 g/mol. The van der Waals surface area contributed by atoms with Crippen molar-refractivity contribution in [2.75, 3.05) is 0 Å². The van der Waals surface area contributed by atoms with Crippen LogP contribution < -0.4 is 11.2 Å². The molecule has 92 valence electrons. The fraction of sp³-hybridized carbons (Fsp3) is 0.0909. The fourth-order valence-electron chi connectivity index (χ4n) is 1.40. The van der Waals surface area contributed by atoms with Crippen LogP contribution in [0.1, 0.15) is 5.69 Å². The first-order valence-electron chi connectivity index (χ1n) is 4.81. The third-order valence-electron chi connectivity index (χ3n) is 2.18. The van der Waals surface area contributed by atoms with E-state index < -0.39 is 17.1 Å². The summed E-state index contributed by atoms with van der Waals surface area (Å²) in [5, 5.41) is 0. The topological polar surface area (TPSA) is 68.0 Å². The minimum Gasteiger partial charge on any atom is -0.448 e. The van der Waals surface area contributed by atoms with Gasteiger partial charge in [0.25, 0.3) is 5.56 Å². The molecule has 2 aromatic heterocycles. The Labute approximate surface area is 114 Å². The third kappa shape index (κ3) is 2.24. The lowest BCUT2D eigenvalue weighted by Crippen LogP contribution is -2.36. The zero-order valence-corrected chi connectivity index (χ0v) is 11.0. The number of hydrogen-bond acceptors (Lipinski definition) is 3. The highest BCUT2D eigenvalue weighted by molar-refractivity contribution is 14.1. The van der Waals surface area contributed by atoms with Gasteiger partial charge in [-0.05, 0) is 9.99 Å². The van der Waals surface area contributed by atoms with Gasteiger partial charge in [-0.3, -0.25) is 4.79 Å². The first-order valence-corrected chi connectivity index (χ1v) is 5.89. The van der Waals surface area contributed by atoms with Crippen molar-refractivity contribution in [3.05, 3.63) is 50.7 Å². The maximum atomic E-state index is 13.7. The first kappa shape index (κ1) is 12.6. The van der Waals surface area contributed by atoms with Crippen molar-refractivity contribution in [3.8, 4) is 15.7 Å². The molecule has 0 amide bonds. The summed E-state index contributed by atoms with van der Waals surface area (Å²) in [5.74, 6) is 1.50. The number of halogens is 2. The maximum absolute atomic E-state index is 13.7. The normalized spacial score (nSPS) is 9.89. The van der Waals surface area contributed by atoms with E-state index in [9.17, 15) is 14.0 Å². The zero-order chi connectivity index (χ0) is 13.1. The number of nitrogens with one attached hydrogen (secondary N) is 1. The molecule has 0 aliphatic heterocycles. The molecular formula is C11H6FIN2O3. The standard InChI is InChI=1S/C11H6FIN2O3/c12-9-7(3-1-5-13)14-11(17)15(10(9)16)8-4-2-6-18-8/h2,4,6H,3H2,(H,14,17). The lowest BCUT2D eigenvalue weighted by molar-refractivity contribution is 0.504. The van der Waals surface area contributed by atoms with Crippen LogP contribution in [0.4, 0.5) is 4.39 Å². The molecule has 18 heavy (non-hydrogen) atoms. The van der Waals surface area contributed by atoms with Gasteiger partial charge in [0.2, 0.25) is 11.7 Å². The van der Waals surface area contributed by atoms with E-state index in [0.29, 0.717) is 4.57 Å². The van der Waals surface area contributed by atoms with Crippen LogP contribution in [-0.4, -0.2) is 9.55 Å². The van der Waals surface area contributed by atoms with E-state index in [1.54, 1.807) is 22.6 Å². The maximum Gasteiger partial charge on any atom is 0.335 e. The van der Waals surface area contributed by atoms with Gasteiger partial charge in [0, 0.05) is 28.7 Å². The second-order valence-electron chi connectivity index (χ2n) is 3.26. The summed E-state index contributed by atoms with van der Waals surface area (Å²) in [6.07, 6.45) is 1.26. The molecule has 7 heteroatoms. The van der Waals surface area contributed by atoms with Crippen LogP contribution in [0.2, 0.25) is 0 Å². The minimum atomic E-state index is -1.06. The highest BCUT2D eigenvalue weighted by Gasteiger charge is 2.15. The molecule has 0 aliphatic carbocycles. The molecule has 0 spiro atoms. The van der Waals surface area contributed by atoms with Gasteiger partial charge in [0.15, 0.2) is 0 Å². The molecule has 5 nitrogen and oxygen atoms in total. The van der Waals surface area contributed by atoms with Crippen LogP contribution in [0.3, 0.4) is 0 Å². The zero-order valence-electron chi connectivity index (χ0n) is 8.87. The smallest absolute Gasteiger partial charge is 0.335 e. The number of rotatable bonds is 2. The van der Waals surface area contributed by atoms with E-state index in [4.69, 9.17) is 4.42 Å². The first-order chi connectivity index (χ1) is 8.65. The summed E-state index contributed by atoms with van der Waals surface area (Å²) in [5.41, 5.74) is -1.95. The van der Waals surface area contributed by atoms with E-state index in [-0.39, 0.29) is 18.0 Å². The van der Waals surface area contributed by atoms with Gasteiger partial charge in [-0.25, -0.2) is 4.79 Å². The third-order valence-corrected chi connectivity index (χ3v) is 2.56. The minimum absolute atomic E-state index is 0.0295. The average molecular weight is 360 g/mol. The fourth-order valence-corrected chi connectivity index (χ4v) is 1.59. The number of nitrogens with zero attached hydrogens (tertiary/aromatic N) is 1. The Morgan fingerprint density at radius 2 is 2.28 bits per heavy atom. The number of H-pyrrole nitrogens is 1. The van der Waals surface area contributed by atoms with Crippen molar-refractivity contribution in [2.45, 2.75) is 6.42 Å². The van der Waals surface area contributed by atoms with E-state index in [0.717, 1.165) is 0 Å². The average Bonchev–Trinajstić information content (AvgIpc) is 2.86. The summed E-state index contributed by atoms with van der Waals surface area (Å²) < 4.78 is 21.8. The molecule has 2 heterocycles. The Balaban J connectivity index is 2.65. The Morgan fingerprint density at radius 3 is 2.89 bits per heavy atom. The predicted octanol–water partition coefficient (Wildman–Crippen LogP) is 1.20. The van der Waals surface area contributed by atoms with E-state index in [1.165, 1.54) is 18.4 Å². The Kier molecular flexibility index (Phi) is 3.66. The predicted molar refractivity (Wildman–Crippen MR) is 70.4 cm³/mol. The van der Waals surface area contributed by atoms with Crippen molar-refractivity contribution in [2.24, 2.45) is 0 Å². The van der Waals surface area contributed by atoms with Crippen molar-refractivity contribution in [3.63, 3.8) is 0 Å². The van der Waals surface area contributed by atoms with E-state index >= 15 is 0 Å². The van der Waals surface area contributed by atoms with Crippen LogP contribution in [0.5, 0.6) is 0 Å². The molecule has 0 saturated heterocycles. The Bertz CT molecular complexity index is 734. The van der Waals surface area contributed by atoms with Crippen LogP contribution in [0.15, 0.2) is 32.4 Å². The summed E-state index contributed by atoms with van der Waals surface area (Å²) in [4.78, 5) is 25.7. The Morgan fingerprint density at radius 1 is 1.50 bits per heavy atom. The van der Waals surface area contributed by atoms with Gasteiger partial charge in [0.05, 0.1) is 18.4 Å². The van der Waals surface area contributed by atoms with Crippen molar-refractivity contribution in [1.29, 1.82) is 0 Å². The van der Waals surface area contributed by atoms with Gasteiger partial charge in [-0.1, -0.05) is 5.92 Å². The van der Waals surface area contributed by atoms with Crippen LogP contribution >= 0.6 is 22.6 Å². The van der Waals surface area contributed by atoms with Gasteiger partial charge < -0.3 is 9.40 Å². The molecule has 1 N–H and O–H groups in total. The molecule has 2 rings (SSSR count). The molecule has 0 bridgehead atoms. The van der Waals surface area contributed by atoms with Gasteiger partial charge in [-0.15, -0.1) is 0 Å². The highest BCUT2D eigenvalue weighted by Crippen LogP contribution is 2.04. The number of furan rings is 1.